The summed E-state index contributed by atoms with van der Waals surface area (Å²) in [4.78, 5) is 133. The van der Waals surface area contributed by atoms with E-state index in [1.165, 1.54) is 22.9 Å². The van der Waals surface area contributed by atoms with E-state index in [0.29, 0.717) is 36.2 Å². The summed E-state index contributed by atoms with van der Waals surface area (Å²) in [7, 11) is 1.53. The van der Waals surface area contributed by atoms with Gasteiger partial charge in [0.25, 0.3) is 0 Å². The van der Waals surface area contributed by atoms with Crippen molar-refractivity contribution < 1.29 is 72.0 Å². The number of nitrogens with two attached hydrogens (primary N) is 1. The summed E-state index contributed by atoms with van der Waals surface area (Å²) in [5.41, 5.74) is 10.5. The molecule has 2 saturated heterocycles. The number of likely N-dealkylation sites (tertiary alicyclic amines) is 1. The predicted molar refractivity (Wildman–Crippen MR) is 291 cm³/mol. The van der Waals surface area contributed by atoms with Gasteiger partial charge in [0.05, 0.1) is 25.5 Å². The third kappa shape index (κ3) is 16.7. The number of hydrogen-bond acceptors (Lipinski definition) is 14. The second kappa shape index (κ2) is 28.1. The average molecular weight is 1120 g/mol. The molecule has 0 radical (unpaired) electrons. The monoisotopic (exact) mass is 1120 g/mol. The molecule has 3 aliphatic rings. The van der Waals surface area contributed by atoms with Crippen LogP contribution in [0.2, 0.25) is 0 Å². The minimum Gasteiger partial charge on any atom is -0.481 e. The highest BCUT2D eigenvalue weighted by Gasteiger charge is 2.36. The number of carboxylic acid groups (broad SMARTS) is 1. The van der Waals surface area contributed by atoms with E-state index in [4.69, 9.17) is 29.8 Å². The minimum absolute atomic E-state index is 0.00266. The maximum Gasteiger partial charge on any atom is 0.415 e. The van der Waals surface area contributed by atoms with Gasteiger partial charge in [-0.1, -0.05) is 86.6 Å². The van der Waals surface area contributed by atoms with Gasteiger partial charge in [0, 0.05) is 44.7 Å². The molecule has 7 rings (SSSR count). The van der Waals surface area contributed by atoms with Crippen LogP contribution in [0.5, 0.6) is 5.75 Å². The quantitative estimate of drug-likeness (QED) is 0.0276. The zero-order chi connectivity index (χ0) is 58.2. The van der Waals surface area contributed by atoms with E-state index >= 15 is 0 Å². The lowest BCUT2D eigenvalue weighted by atomic mass is 9.98. The molecule has 0 saturated carbocycles. The fourth-order valence-corrected chi connectivity index (χ4v) is 9.76. The number of nitrogens with one attached hydrogen (secondary N) is 6. The number of hydrogen-bond donors (Lipinski definition) is 8. The summed E-state index contributed by atoms with van der Waals surface area (Å²) in [6.45, 7) is 3.74. The second-order valence-electron chi connectivity index (χ2n) is 20.2. The predicted octanol–water partition coefficient (Wildman–Crippen LogP) is 4.29. The fourth-order valence-electron chi connectivity index (χ4n) is 9.76. The number of rotatable bonds is 24. The van der Waals surface area contributed by atoms with Gasteiger partial charge in [-0.2, -0.15) is 0 Å². The van der Waals surface area contributed by atoms with Crippen molar-refractivity contribution in [2.24, 2.45) is 11.7 Å². The number of carboxylic acids is 1. The summed E-state index contributed by atoms with van der Waals surface area (Å²) >= 11 is 0. The first-order valence-corrected chi connectivity index (χ1v) is 26.6. The Morgan fingerprint density at radius 2 is 1.51 bits per heavy atom. The Bertz CT molecular complexity index is 2930. The molecule has 430 valence electrons. The Hall–Kier alpha value is -9.22. The van der Waals surface area contributed by atoms with E-state index in [9.17, 15) is 47.9 Å². The molecular weight excluding hydrogens is 1050 g/mol. The van der Waals surface area contributed by atoms with Gasteiger partial charge in [0.2, 0.25) is 23.6 Å². The van der Waals surface area contributed by atoms with Crippen LogP contribution in [0.4, 0.5) is 24.9 Å². The number of carbonyl (C=O) groups excluding carboxylic acids is 9. The van der Waals surface area contributed by atoms with E-state index in [-0.39, 0.29) is 76.3 Å². The average Bonchev–Trinajstić information content (AvgIpc) is 4.32. The van der Waals surface area contributed by atoms with Crippen LogP contribution in [0.15, 0.2) is 97.1 Å². The zero-order valence-corrected chi connectivity index (χ0v) is 45.1. The number of carbonyl (C=O) groups is 10. The lowest BCUT2D eigenvalue weighted by Gasteiger charge is -2.28. The van der Waals surface area contributed by atoms with Gasteiger partial charge in [-0.3, -0.25) is 24.0 Å². The van der Waals surface area contributed by atoms with E-state index in [1.54, 1.807) is 56.3 Å². The van der Waals surface area contributed by atoms with Crippen molar-refractivity contribution in [3.05, 3.63) is 119 Å². The van der Waals surface area contributed by atoms with Gasteiger partial charge >= 0.3 is 36.2 Å². The molecule has 2 heterocycles. The zero-order valence-electron chi connectivity index (χ0n) is 45.1. The van der Waals surface area contributed by atoms with Crippen molar-refractivity contribution in [2.75, 3.05) is 45.2 Å². The van der Waals surface area contributed by atoms with Crippen molar-refractivity contribution in [1.82, 2.24) is 36.4 Å². The number of alkyl carbamates (subject to hydrolysis) is 1. The number of urea groups is 1. The number of aliphatic carboxylic acids is 1. The van der Waals surface area contributed by atoms with Crippen LogP contribution < -0.4 is 42.4 Å². The van der Waals surface area contributed by atoms with Crippen LogP contribution in [0, 0.1) is 5.92 Å². The maximum atomic E-state index is 14.2. The van der Waals surface area contributed by atoms with Gasteiger partial charge in [-0.25, -0.2) is 24.0 Å². The van der Waals surface area contributed by atoms with Gasteiger partial charge < -0.3 is 71.5 Å². The highest BCUT2D eigenvalue weighted by molar-refractivity contribution is 5.99. The van der Waals surface area contributed by atoms with Crippen LogP contribution in [0.25, 0.3) is 11.1 Å². The molecule has 9 N–H and O–H groups in total. The van der Waals surface area contributed by atoms with Gasteiger partial charge in [0.1, 0.15) is 43.1 Å². The van der Waals surface area contributed by atoms with Crippen molar-refractivity contribution >= 4 is 65.6 Å². The van der Waals surface area contributed by atoms with E-state index < -0.39 is 96.4 Å². The maximum absolute atomic E-state index is 14.2. The first kappa shape index (κ1) is 59.4. The van der Waals surface area contributed by atoms with Crippen molar-refractivity contribution in [2.45, 2.75) is 102 Å². The Morgan fingerprint density at radius 3 is 2.16 bits per heavy atom. The number of likely N-dealkylation sites (N-methyl/N-ethyl adjacent to an activating group) is 1. The molecule has 9 amide bonds. The molecule has 24 nitrogen and oxygen atoms in total. The van der Waals surface area contributed by atoms with E-state index in [0.717, 1.165) is 22.3 Å². The van der Waals surface area contributed by atoms with Crippen LogP contribution >= 0.6 is 0 Å². The summed E-state index contributed by atoms with van der Waals surface area (Å²) in [5, 5.41) is 24.7. The number of esters is 1. The molecule has 0 aromatic heterocycles. The lowest BCUT2D eigenvalue weighted by molar-refractivity contribution is -0.141. The van der Waals surface area contributed by atoms with Crippen LogP contribution in [0.1, 0.15) is 80.5 Å². The fraction of sp³-hybridized carbons (Fsp3) is 0.404. The SMILES string of the molecule is CC(C)[C@H](NC(=O)[C@H](CC(=O)N[C@H]1CCOC1=O)NC(=O)OCC1c2ccccc2-c2ccccc21)C(=O)N[C@@H](CCCNC(N)=O)C(=O)Nc1ccc(COC(=O)N2CCCC2CN(C)C(=O)Oc2cccc(CC(=O)O)c2)cc1. The molecule has 0 spiro atoms. The highest BCUT2D eigenvalue weighted by atomic mass is 16.6. The van der Waals surface area contributed by atoms with Crippen LogP contribution in [0.3, 0.4) is 0 Å². The Labute approximate surface area is 467 Å². The molecule has 4 aromatic carbocycles. The topological polar surface area (TPSA) is 333 Å². The summed E-state index contributed by atoms with van der Waals surface area (Å²) in [5.74, 6) is -5.57. The number of anilines is 1. The third-order valence-corrected chi connectivity index (χ3v) is 13.9. The Kier molecular flexibility index (Phi) is 20.6. The lowest BCUT2D eigenvalue weighted by Crippen LogP contribution is -2.58. The first-order chi connectivity index (χ1) is 38.8. The van der Waals surface area contributed by atoms with Gasteiger partial charge in [0.15, 0.2) is 0 Å². The molecule has 1 aliphatic carbocycles. The number of cyclic esters (lactones) is 1. The molecule has 2 fully saturated rings. The molecule has 4 aromatic rings. The number of nitrogens with zero attached hydrogens (tertiary/aromatic N) is 2. The smallest absolute Gasteiger partial charge is 0.415 e. The number of benzene rings is 4. The Balaban J connectivity index is 0.949. The number of primary amides is 1. The van der Waals surface area contributed by atoms with Gasteiger partial charge in [-0.05, 0) is 89.2 Å². The van der Waals surface area contributed by atoms with Crippen molar-refractivity contribution in [3.8, 4) is 16.9 Å². The summed E-state index contributed by atoms with van der Waals surface area (Å²) in [6, 6.07) is 21.7. The number of ether oxygens (including phenoxy) is 4. The molecule has 24 heteroatoms. The Morgan fingerprint density at radius 1 is 0.802 bits per heavy atom. The number of fused-ring (bicyclic) bond motifs is 3. The van der Waals surface area contributed by atoms with Gasteiger partial charge in [-0.15, -0.1) is 0 Å². The second-order valence-corrected chi connectivity index (χ2v) is 20.2. The van der Waals surface area contributed by atoms with Crippen molar-refractivity contribution in [3.63, 3.8) is 0 Å². The molecule has 81 heavy (non-hydrogen) atoms. The van der Waals surface area contributed by atoms with E-state index in [1.807, 2.05) is 48.5 Å². The summed E-state index contributed by atoms with van der Waals surface area (Å²) in [6.07, 6.45) is -1.52. The van der Waals surface area contributed by atoms with E-state index in [2.05, 4.69) is 31.9 Å². The third-order valence-electron chi connectivity index (χ3n) is 13.9. The highest BCUT2D eigenvalue weighted by Crippen LogP contribution is 2.44. The first-order valence-electron chi connectivity index (χ1n) is 26.6. The summed E-state index contributed by atoms with van der Waals surface area (Å²) < 4.78 is 21.7. The largest absolute Gasteiger partial charge is 0.481 e. The standard InChI is InChI=1S/C57H67N9O15/c1-33(2)49(64-51(71)46(29-47(67)61-45-23-26-78-53(45)73)63-55(75)79-32-43-41-16-6-4-14-39(41)40-15-5-7-17-42(40)43)52(72)62-44(18-9-24-59-54(58)74)50(70)60-36-21-19-34(20-22-36)31-80-57(77)66-25-10-12-37(66)30-65(3)56(76)81-38-13-8-11-35(27-38)28-48(68)69/h4-8,11,13-17,19-22,27,33,37,43-46,49H,9-10,12,18,23-26,28-32H2,1-3H3,(H,60,70)(H,61,67)(H,62,72)(H,63,75)(H,64,71)(H,68,69)(H3,58,59,74)/t37?,44-,45-,46-,49-/m0/s1. The van der Waals surface area contributed by atoms with Crippen molar-refractivity contribution in [1.29, 1.82) is 0 Å². The molecular formula is C57H67N9O15. The molecule has 0 bridgehead atoms. The number of amides is 9. The normalized spacial score (nSPS) is 16.3. The molecule has 5 atom stereocenters. The molecule has 1 unspecified atom stereocenters. The minimum atomic E-state index is -1.61. The van der Waals surface area contributed by atoms with Crippen LogP contribution in [-0.4, -0.2) is 145 Å². The van der Waals surface area contributed by atoms with Crippen LogP contribution in [-0.2, 0) is 56.0 Å². The molecule has 2 aliphatic heterocycles.